The van der Waals surface area contributed by atoms with Gasteiger partial charge in [-0.05, 0) is 18.6 Å². The van der Waals surface area contributed by atoms with Crippen molar-refractivity contribution in [3.63, 3.8) is 0 Å². The van der Waals surface area contributed by atoms with E-state index in [-0.39, 0.29) is 23.5 Å². The van der Waals surface area contributed by atoms with Crippen LogP contribution in [0, 0.1) is 0 Å². The first-order valence-electron chi connectivity index (χ1n) is 6.74. The van der Waals surface area contributed by atoms with Crippen LogP contribution in [0.2, 0.25) is 0 Å². The molecule has 0 radical (unpaired) electrons. The molecule has 3 heterocycles. The lowest BCUT2D eigenvalue weighted by Crippen LogP contribution is -2.39. The number of carbonyl (C=O) groups is 1. The lowest BCUT2D eigenvalue weighted by molar-refractivity contribution is -0.119. The summed E-state index contributed by atoms with van der Waals surface area (Å²) in [6, 6.07) is 3.31. The molecule has 2 aliphatic rings. The van der Waals surface area contributed by atoms with Gasteiger partial charge in [-0.1, -0.05) is 0 Å². The second-order valence-electron chi connectivity index (χ2n) is 5.17. The number of carbonyl (C=O) groups excluding carboxylic acids is 1. The van der Waals surface area contributed by atoms with Gasteiger partial charge >= 0.3 is 0 Å². The van der Waals surface area contributed by atoms with Crippen molar-refractivity contribution in [3.05, 3.63) is 29.6 Å². The minimum absolute atomic E-state index is 0.0917. The van der Waals surface area contributed by atoms with Crippen LogP contribution in [-0.2, 0) is 21.4 Å². The molecule has 2 aliphatic heterocycles. The molecule has 1 atom stereocenters. The smallest absolute Gasteiger partial charge is 0.260 e. The van der Waals surface area contributed by atoms with E-state index in [9.17, 15) is 13.2 Å². The summed E-state index contributed by atoms with van der Waals surface area (Å²) in [4.78, 5) is 19.4. The molecule has 1 N–H and O–H groups in total. The predicted molar refractivity (Wildman–Crippen MR) is 77.2 cm³/mol. The van der Waals surface area contributed by atoms with Crippen molar-refractivity contribution in [1.29, 1.82) is 0 Å². The number of aliphatic imine (C=N–C) groups is 1. The molecule has 1 aromatic rings. The molecule has 0 saturated carbocycles. The average Bonchev–Trinajstić information content (AvgIpc) is 3.04. The van der Waals surface area contributed by atoms with Gasteiger partial charge in [0.25, 0.3) is 10.0 Å². The second kappa shape index (κ2) is 5.19. The third kappa shape index (κ3) is 2.56. The van der Waals surface area contributed by atoms with Gasteiger partial charge < -0.3 is 5.32 Å². The third-order valence-corrected chi connectivity index (χ3v) is 5.48. The first-order chi connectivity index (χ1) is 9.98. The summed E-state index contributed by atoms with van der Waals surface area (Å²) < 4.78 is 26.8. The van der Waals surface area contributed by atoms with Crippen LogP contribution in [0.15, 0.2) is 23.3 Å². The van der Waals surface area contributed by atoms with Crippen molar-refractivity contribution in [3.8, 4) is 0 Å². The fraction of sp³-hybridized carbons (Fsp3) is 0.462. The van der Waals surface area contributed by atoms with Gasteiger partial charge in [-0.25, -0.2) is 8.42 Å². The van der Waals surface area contributed by atoms with E-state index < -0.39 is 10.0 Å². The number of fused-ring (bicyclic) bond motifs is 1. The van der Waals surface area contributed by atoms with Gasteiger partial charge in [0.2, 0.25) is 5.91 Å². The van der Waals surface area contributed by atoms with Crippen molar-refractivity contribution < 1.29 is 13.2 Å². The average molecular weight is 308 g/mol. The number of hydrogen-bond donors (Lipinski definition) is 1. The monoisotopic (exact) mass is 308 g/mol. The number of rotatable bonds is 2. The number of nitrogens with one attached hydrogen (secondary N) is 1. The van der Waals surface area contributed by atoms with Gasteiger partial charge in [0, 0.05) is 37.8 Å². The van der Waals surface area contributed by atoms with Crippen molar-refractivity contribution in [2.75, 3.05) is 13.1 Å². The molecule has 1 fully saturated rings. The summed E-state index contributed by atoms with van der Waals surface area (Å²) in [5, 5.41) is 2.85. The van der Waals surface area contributed by atoms with Crippen LogP contribution < -0.4 is 5.32 Å². The molecule has 0 aromatic carbocycles. The van der Waals surface area contributed by atoms with E-state index in [1.54, 1.807) is 18.3 Å². The van der Waals surface area contributed by atoms with Gasteiger partial charge in [-0.2, -0.15) is 4.31 Å². The molecule has 8 heteroatoms. The first kappa shape index (κ1) is 14.2. The van der Waals surface area contributed by atoms with Crippen LogP contribution >= 0.6 is 0 Å². The quantitative estimate of drug-likeness (QED) is 0.824. The number of sulfonamides is 1. The SMILES string of the molecule is CC(=O)N[C@H]1CCN(S(=O)(=O)C2=NCc3ncccc32)C1. The predicted octanol–water partition coefficient (Wildman–Crippen LogP) is -0.118. The van der Waals surface area contributed by atoms with Crippen molar-refractivity contribution >= 4 is 21.0 Å². The second-order valence-corrected chi connectivity index (χ2v) is 7.02. The fourth-order valence-corrected chi connectivity index (χ4v) is 4.34. The molecule has 1 aromatic heterocycles. The Morgan fingerprint density at radius 1 is 1.48 bits per heavy atom. The number of aromatic nitrogens is 1. The highest BCUT2D eigenvalue weighted by atomic mass is 32.2. The molecule has 3 rings (SSSR count). The number of amides is 1. The van der Waals surface area contributed by atoms with Crippen LogP contribution in [0.1, 0.15) is 24.6 Å². The van der Waals surface area contributed by atoms with Crippen LogP contribution in [0.3, 0.4) is 0 Å². The summed E-state index contributed by atoms with van der Waals surface area (Å²) in [7, 11) is -3.63. The van der Waals surface area contributed by atoms with E-state index in [2.05, 4.69) is 15.3 Å². The van der Waals surface area contributed by atoms with Crippen molar-refractivity contribution in [2.45, 2.75) is 25.9 Å². The van der Waals surface area contributed by atoms with E-state index in [1.807, 2.05) is 0 Å². The highest BCUT2D eigenvalue weighted by Crippen LogP contribution is 2.24. The molecule has 21 heavy (non-hydrogen) atoms. The van der Waals surface area contributed by atoms with E-state index >= 15 is 0 Å². The lowest BCUT2D eigenvalue weighted by atomic mass is 10.2. The molecule has 7 nitrogen and oxygen atoms in total. The zero-order chi connectivity index (χ0) is 15.0. The van der Waals surface area contributed by atoms with Gasteiger partial charge in [0.05, 0.1) is 12.2 Å². The molecule has 0 bridgehead atoms. The molecule has 112 valence electrons. The molecule has 0 aliphatic carbocycles. The van der Waals surface area contributed by atoms with Crippen molar-refractivity contribution in [1.82, 2.24) is 14.6 Å². The third-order valence-electron chi connectivity index (χ3n) is 3.64. The Kier molecular flexibility index (Phi) is 3.50. The standard InChI is InChI=1S/C13H16N4O3S/c1-9(18)16-10-4-6-17(8-10)21(19,20)13-11-3-2-5-14-12(11)7-15-13/h2-3,5,10H,4,6-8H2,1H3,(H,16,18)/t10-/m0/s1. The molecule has 1 amide bonds. The summed E-state index contributed by atoms with van der Waals surface area (Å²) >= 11 is 0. The highest BCUT2D eigenvalue weighted by molar-refractivity contribution is 8.05. The van der Waals surface area contributed by atoms with Gasteiger partial charge in [0.1, 0.15) is 0 Å². The van der Waals surface area contributed by atoms with E-state index in [1.165, 1.54) is 11.2 Å². The fourth-order valence-electron chi connectivity index (χ4n) is 2.69. The normalized spacial score (nSPS) is 22.0. The van der Waals surface area contributed by atoms with Crippen LogP contribution in [0.4, 0.5) is 0 Å². The molecule has 1 saturated heterocycles. The van der Waals surface area contributed by atoms with E-state index in [0.717, 1.165) is 0 Å². The zero-order valence-corrected chi connectivity index (χ0v) is 12.4. The summed E-state index contributed by atoms with van der Waals surface area (Å²) in [5.41, 5.74) is 1.27. The Hall–Kier alpha value is -1.80. The summed E-state index contributed by atoms with van der Waals surface area (Å²) in [6.07, 6.45) is 2.25. The summed E-state index contributed by atoms with van der Waals surface area (Å²) in [6.45, 7) is 2.41. The maximum Gasteiger partial charge on any atom is 0.260 e. The number of hydrogen-bond acceptors (Lipinski definition) is 5. The number of pyridine rings is 1. The Balaban J connectivity index is 1.82. The van der Waals surface area contributed by atoms with Crippen LogP contribution in [-0.4, -0.2) is 47.8 Å². The maximum absolute atomic E-state index is 12.7. The summed E-state index contributed by atoms with van der Waals surface area (Å²) in [5.74, 6) is -0.146. The molecule has 0 unspecified atom stereocenters. The maximum atomic E-state index is 12.7. The largest absolute Gasteiger partial charge is 0.352 e. The topological polar surface area (TPSA) is 91.7 Å². The lowest BCUT2D eigenvalue weighted by Gasteiger charge is -2.17. The van der Waals surface area contributed by atoms with Crippen molar-refractivity contribution in [2.24, 2.45) is 4.99 Å². The van der Waals surface area contributed by atoms with Crippen LogP contribution in [0.5, 0.6) is 0 Å². The Morgan fingerprint density at radius 3 is 3.05 bits per heavy atom. The van der Waals surface area contributed by atoms with Gasteiger partial charge in [-0.15, -0.1) is 0 Å². The minimum atomic E-state index is -3.63. The molecule has 0 spiro atoms. The number of nitrogens with zero attached hydrogens (tertiary/aromatic N) is 3. The Morgan fingerprint density at radius 2 is 2.29 bits per heavy atom. The molecular formula is C13H16N4O3S. The van der Waals surface area contributed by atoms with E-state index in [0.29, 0.717) is 30.8 Å². The Labute approximate surface area is 123 Å². The highest BCUT2D eigenvalue weighted by Gasteiger charge is 2.38. The van der Waals surface area contributed by atoms with Gasteiger partial charge in [0.15, 0.2) is 5.04 Å². The van der Waals surface area contributed by atoms with Gasteiger partial charge in [-0.3, -0.25) is 14.8 Å². The first-order valence-corrected chi connectivity index (χ1v) is 8.18. The zero-order valence-electron chi connectivity index (χ0n) is 11.6. The molecular weight excluding hydrogens is 292 g/mol. The Bertz CT molecular complexity index is 714. The minimum Gasteiger partial charge on any atom is -0.352 e. The van der Waals surface area contributed by atoms with Crippen LogP contribution in [0.25, 0.3) is 0 Å². The van der Waals surface area contributed by atoms with E-state index in [4.69, 9.17) is 0 Å².